The fourth-order valence-corrected chi connectivity index (χ4v) is 10.9. The highest BCUT2D eigenvalue weighted by Gasteiger charge is 2.23. The molecule has 0 bridgehead atoms. The number of nitrogens with zero attached hydrogens (tertiary/aromatic N) is 4. The zero-order valence-corrected chi connectivity index (χ0v) is 34.7. The fraction of sp³-hybridized carbons (Fsp3) is 0. The third-order valence-corrected chi connectivity index (χ3v) is 13.5. The zero-order valence-electron chi connectivity index (χ0n) is 34.7. The van der Waals surface area contributed by atoms with Gasteiger partial charge in [0.1, 0.15) is 0 Å². The summed E-state index contributed by atoms with van der Waals surface area (Å²) in [6, 6.07) is 84.5. The van der Waals surface area contributed by atoms with Crippen molar-refractivity contribution in [2.45, 2.75) is 0 Å². The number of para-hydroxylation sites is 6. The van der Waals surface area contributed by atoms with Crippen molar-refractivity contribution in [1.82, 2.24) is 18.3 Å². The van der Waals surface area contributed by atoms with Gasteiger partial charge in [0.25, 0.3) is 0 Å². The third kappa shape index (κ3) is 4.88. The van der Waals surface area contributed by atoms with Gasteiger partial charge in [-0.15, -0.1) is 0 Å². The quantitative estimate of drug-likeness (QED) is 0.165. The molecule has 0 unspecified atom stereocenters. The summed E-state index contributed by atoms with van der Waals surface area (Å²) in [5.41, 5.74) is 16.3. The Morgan fingerprint density at radius 3 is 0.906 bits per heavy atom. The average molecular weight is 815 g/mol. The Kier molecular flexibility index (Phi) is 7.36. The van der Waals surface area contributed by atoms with E-state index in [9.17, 15) is 0 Å². The Labute approximate surface area is 368 Å². The first-order valence-corrected chi connectivity index (χ1v) is 22.0. The Morgan fingerprint density at radius 1 is 0.203 bits per heavy atom. The van der Waals surface area contributed by atoms with E-state index in [1.54, 1.807) is 0 Å². The molecule has 4 heterocycles. The summed E-state index contributed by atoms with van der Waals surface area (Å²) in [5, 5.41) is 9.91. The molecule has 14 rings (SSSR count). The van der Waals surface area contributed by atoms with Crippen LogP contribution in [0, 0.1) is 0 Å². The van der Waals surface area contributed by atoms with Crippen molar-refractivity contribution in [1.29, 1.82) is 0 Å². The summed E-state index contributed by atoms with van der Waals surface area (Å²) in [7, 11) is 0. The van der Waals surface area contributed by atoms with Gasteiger partial charge in [-0.3, -0.25) is 0 Å². The Hall–Kier alpha value is -8.60. The van der Waals surface area contributed by atoms with Gasteiger partial charge in [-0.25, -0.2) is 0 Å². The summed E-state index contributed by atoms with van der Waals surface area (Å²) >= 11 is 0. The van der Waals surface area contributed by atoms with E-state index < -0.39 is 0 Å². The van der Waals surface area contributed by atoms with E-state index in [0.717, 1.165) is 39.0 Å². The molecule has 0 N–H and O–H groups in total. The fourth-order valence-electron chi connectivity index (χ4n) is 10.9. The molecular weight excluding hydrogens is 777 g/mol. The largest absolute Gasteiger partial charge is 0.309 e. The van der Waals surface area contributed by atoms with Crippen LogP contribution in [-0.4, -0.2) is 18.3 Å². The molecule has 4 nitrogen and oxygen atoms in total. The van der Waals surface area contributed by atoms with Gasteiger partial charge in [-0.2, -0.15) is 0 Å². The van der Waals surface area contributed by atoms with Crippen LogP contribution in [0.25, 0.3) is 121 Å². The lowest BCUT2D eigenvalue weighted by Gasteiger charge is -2.16. The molecule has 0 fully saturated rings. The van der Waals surface area contributed by atoms with Gasteiger partial charge in [0.05, 0.1) is 55.5 Å². The maximum Gasteiger partial charge on any atom is 0.0562 e. The second-order valence-corrected chi connectivity index (χ2v) is 16.9. The van der Waals surface area contributed by atoms with Gasteiger partial charge in [0, 0.05) is 54.5 Å². The molecular formula is C60H38N4. The second-order valence-electron chi connectivity index (χ2n) is 16.9. The summed E-state index contributed by atoms with van der Waals surface area (Å²) in [5.74, 6) is 0. The normalized spacial score (nSPS) is 12.1. The van der Waals surface area contributed by atoms with Crippen molar-refractivity contribution < 1.29 is 0 Å². The maximum absolute atomic E-state index is 2.48. The second kappa shape index (κ2) is 13.4. The van der Waals surface area contributed by atoms with E-state index in [1.807, 2.05) is 0 Å². The van der Waals surface area contributed by atoms with Gasteiger partial charge in [-0.05, 0) is 90.0 Å². The van der Waals surface area contributed by atoms with E-state index in [2.05, 4.69) is 249 Å². The van der Waals surface area contributed by atoms with E-state index >= 15 is 0 Å². The first-order chi connectivity index (χ1) is 31.8. The molecule has 298 valence electrons. The summed E-state index contributed by atoms with van der Waals surface area (Å²) in [4.78, 5) is 0. The van der Waals surface area contributed by atoms with E-state index in [-0.39, 0.29) is 0 Å². The predicted molar refractivity (Wildman–Crippen MR) is 269 cm³/mol. The minimum atomic E-state index is 1.10. The van der Waals surface area contributed by atoms with Crippen LogP contribution < -0.4 is 0 Å². The molecule has 0 aliphatic rings. The molecule has 0 radical (unpaired) electrons. The number of fused-ring (bicyclic) bond motifs is 12. The molecule has 14 aromatic rings. The van der Waals surface area contributed by atoms with Crippen LogP contribution in [0.1, 0.15) is 0 Å². The zero-order chi connectivity index (χ0) is 41.9. The van der Waals surface area contributed by atoms with E-state index in [4.69, 9.17) is 0 Å². The molecule has 0 aliphatic heterocycles. The molecule has 0 spiro atoms. The van der Waals surface area contributed by atoms with Crippen molar-refractivity contribution in [3.8, 4) is 33.9 Å². The first-order valence-electron chi connectivity index (χ1n) is 22.0. The van der Waals surface area contributed by atoms with E-state index in [0.29, 0.717) is 0 Å². The standard InChI is InChI=1S/C60H38N4/c1-2-18-39(19-3-1)40-36-41(61-53-30-14-8-24-47(53)59-55(61)32-16-34-57(59)63-49-26-10-4-20-43(49)44-21-5-11-27-50(44)63)38-42(37-40)62-54-31-15-9-25-48(54)60-56(62)33-17-35-58(60)64-51-28-12-6-22-45(51)46-23-7-13-29-52(46)64/h1-38H. The number of benzene rings is 10. The molecule has 0 saturated carbocycles. The van der Waals surface area contributed by atoms with Gasteiger partial charge in [0.2, 0.25) is 0 Å². The summed E-state index contributed by atoms with van der Waals surface area (Å²) < 4.78 is 9.88. The summed E-state index contributed by atoms with van der Waals surface area (Å²) in [6.07, 6.45) is 0. The number of hydrogen-bond acceptors (Lipinski definition) is 0. The average Bonchev–Trinajstić information content (AvgIpc) is 4.09. The van der Waals surface area contributed by atoms with Crippen LogP contribution in [0.2, 0.25) is 0 Å². The van der Waals surface area contributed by atoms with Crippen molar-refractivity contribution in [3.05, 3.63) is 231 Å². The highest BCUT2D eigenvalue weighted by atomic mass is 15.0. The molecule has 4 heteroatoms. The van der Waals surface area contributed by atoms with Gasteiger partial charge < -0.3 is 18.3 Å². The van der Waals surface area contributed by atoms with Gasteiger partial charge in [-0.1, -0.05) is 152 Å². The Morgan fingerprint density at radius 2 is 0.516 bits per heavy atom. The number of rotatable bonds is 5. The van der Waals surface area contributed by atoms with Crippen LogP contribution in [0.5, 0.6) is 0 Å². The first kappa shape index (κ1) is 35.0. The van der Waals surface area contributed by atoms with Crippen LogP contribution in [-0.2, 0) is 0 Å². The van der Waals surface area contributed by atoms with Crippen LogP contribution >= 0.6 is 0 Å². The SMILES string of the molecule is c1ccc(-c2cc(-n3c4ccccc4c4c(-n5c6ccccc6c6ccccc65)cccc43)cc(-n3c4ccccc4c4c(-n5c6ccccc6c6ccccc65)cccc43)c2)cc1. The van der Waals surface area contributed by atoms with Crippen molar-refractivity contribution in [2.75, 3.05) is 0 Å². The highest BCUT2D eigenvalue weighted by Crippen LogP contribution is 2.43. The minimum absolute atomic E-state index is 1.10. The number of aromatic nitrogens is 4. The highest BCUT2D eigenvalue weighted by molar-refractivity contribution is 6.18. The molecule has 10 aromatic carbocycles. The minimum Gasteiger partial charge on any atom is -0.309 e. The van der Waals surface area contributed by atoms with Crippen LogP contribution in [0.3, 0.4) is 0 Å². The molecule has 4 aromatic heterocycles. The van der Waals surface area contributed by atoms with Crippen molar-refractivity contribution >= 4 is 87.2 Å². The predicted octanol–water partition coefficient (Wildman–Crippen LogP) is 15.7. The molecule has 0 aliphatic carbocycles. The monoisotopic (exact) mass is 814 g/mol. The van der Waals surface area contributed by atoms with Gasteiger partial charge >= 0.3 is 0 Å². The Balaban J connectivity index is 1.07. The summed E-state index contributed by atoms with van der Waals surface area (Å²) in [6.45, 7) is 0. The lowest BCUT2D eigenvalue weighted by molar-refractivity contribution is 1.13. The lowest BCUT2D eigenvalue weighted by atomic mass is 10.0. The Bertz CT molecular complexity index is 3840. The number of hydrogen-bond donors (Lipinski definition) is 0. The molecule has 0 atom stereocenters. The van der Waals surface area contributed by atoms with Crippen molar-refractivity contribution in [3.63, 3.8) is 0 Å². The topological polar surface area (TPSA) is 19.7 Å². The molecule has 0 saturated heterocycles. The molecule has 64 heavy (non-hydrogen) atoms. The third-order valence-electron chi connectivity index (χ3n) is 13.5. The van der Waals surface area contributed by atoms with Gasteiger partial charge in [0.15, 0.2) is 0 Å². The molecule has 0 amide bonds. The van der Waals surface area contributed by atoms with Crippen molar-refractivity contribution in [2.24, 2.45) is 0 Å². The van der Waals surface area contributed by atoms with E-state index in [1.165, 1.54) is 82.1 Å². The maximum atomic E-state index is 2.48. The smallest absolute Gasteiger partial charge is 0.0562 e. The van der Waals surface area contributed by atoms with Crippen LogP contribution in [0.15, 0.2) is 231 Å². The van der Waals surface area contributed by atoms with Crippen LogP contribution in [0.4, 0.5) is 0 Å². The lowest BCUT2D eigenvalue weighted by Crippen LogP contribution is -2.01.